The topological polar surface area (TPSA) is 17.1 Å². The van der Waals surface area contributed by atoms with Crippen LogP contribution >= 0.6 is 15.9 Å². The zero-order chi connectivity index (χ0) is 13.8. The van der Waals surface area contributed by atoms with E-state index in [1.54, 1.807) is 6.92 Å². The van der Waals surface area contributed by atoms with Crippen LogP contribution in [0.4, 0.5) is 0 Å². The van der Waals surface area contributed by atoms with E-state index in [4.69, 9.17) is 6.42 Å². The highest BCUT2D eigenvalue weighted by Crippen LogP contribution is 2.26. The van der Waals surface area contributed by atoms with E-state index in [1.807, 2.05) is 42.5 Å². The van der Waals surface area contributed by atoms with Crippen molar-refractivity contribution in [3.05, 3.63) is 58.1 Å². The molecule has 2 aromatic carbocycles. The molecule has 2 rings (SSSR count). The Morgan fingerprint density at radius 2 is 1.89 bits per heavy atom. The summed E-state index contributed by atoms with van der Waals surface area (Å²) in [5.41, 5.74) is 3.69. The second-order valence-electron chi connectivity index (χ2n) is 4.32. The normalized spacial score (nSPS) is 9.95. The first kappa shape index (κ1) is 13.6. The molecule has 0 amide bonds. The maximum atomic E-state index is 11.8. The Balaban J connectivity index is 2.54. The minimum Gasteiger partial charge on any atom is -0.294 e. The average Bonchev–Trinajstić information content (AvgIpc) is 2.40. The van der Waals surface area contributed by atoms with E-state index in [0.717, 1.165) is 26.7 Å². The molecule has 0 spiro atoms. The Morgan fingerprint density at radius 3 is 2.47 bits per heavy atom. The predicted octanol–water partition coefficient (Wildman–Crippen LogP) is 4.49. The van der Waals surface area contributed by atoms with Crippen LogP contribution in [0.25, 0.3) is 11.1 Å². The molecule has 0 aromatic heterocycles. The fourth-order valence-corrected chi connectivity index (χ4v) is 2.26. The van der Waals surface area contributed by atoms with Gasteiger partial charge in [0.25, 0.3) is 0 Å². The summed E-state index contributed by atoms with van der Waals surface area (Å²) in [6.07, 6.45) is 5.85. The molecule has 0 heterocycles. The van der Waals surface area contributed by atoms with Gasteiger partial charge in [-0.05, 0) is 41.8 Å². The fourth-order valence-electron chi connectivity index (χ4n) is 1.99. The molecule has 0 radical (unpaired) electrons. The van der Waals surface area contributed by atoms with Crippen molar-refractivity contribution in [2.45, 2.75) is 13.3 Å². The first-order valence-electron chi connectivity index (χ1n) is 5.95. The summed E-state index contributed by atoms with van der Waals surface area (Å²) < 4.78 is 1.02. The van der Waals surface area contributed by atoms with E-state index in [9.17, 15) is 4.79 Å². The number of benzene rings is 2. The van der Waals surface area contributed by atoms with E-state index in [-0.39, 0.29) is 5.78 Å². The van der Waals surface area contributed by atoms with Crippen molar-refractivity contribution < 1.29 is 4.79 Å². The van der Waals surface area contributed by atoms with Crippen molar-refractivity contribution in [1.29, 1.82) is 0 Å². The van der Waals surface area contributed by atoms with Crippen molar-refractivity contribution in [2.24, 2.45) is 0 Å². The lowest BCUT2D eigenvalue weighted by Gasteiger charge is -2.09. The van der Waals surface area contributed by atoms with Gasteiger partial charge < -0.3 is 0 Å². The van der Waals surface area contributed by atoms with Crippen LogP contribution < -0.4 is 0 Å². The smallest absolute Gasteiger partial charge is 0.160 e. The van der Waals surface area contributed by atoms with E-state index in [1.165, 1.54) is 0 Å². The van der Waals surface area contributed by atoms with Gasteiger partial charge in [0.15, 0.2) is 5.78 Å². The number of hydrogen-bond acceptors (Lipinski definition) is 1. The van der Waals surface area contributed by atoms with Gasteiger partial charge in [-0.25, -0.2) is 0 Å². The third-order valence-corrected chi connectivity index (χ3v) is 3.45. The summed E-state index contributed by atoms with van der Waals surface area (Å²) in [4.78, 5) is 11.8. The Kier molecular flexibility index (Phi) is 4.19. The number of Topliss-reactive ketones (excluding diaryl/α,β-unsaturated/α-hetero) is 1. The number of halogens is 1. The summed E-state index contributed by atoms with van der Waals surface area (Å²) in [6, 6.07) is 13.7. The molecule has 0 saturated heterocycles. The largest absolute Gasteiger partial charge is 0.294 e. The molecule has 0 fully saturated rings. The standard InChI is InChI=1S/C17H13BrO/c1-3-4-13-5-10-16(17(11-13)12(2)19)14-6-8-15(18)9-7-14/h1,5-11H,4H2,2H3. The number of hydrogen-bond donors (Lipinski definition) is 0. The average molecular weight is 313 g/mol. The second kappa shape index (κ2) is 5.86. The lowest BCUT2D eigenvalue weighted by atomic mass is 9.95. The molecule has 2 heteroatoms. The highest BCUT2D eigenvalue weighted by Gasteiger charge is 2.10. The van der Waals surface area contributed by atoms with Crippen molar-refractivity contribution in [2.75, 3.05) is 0 Å². The highest BCUT2D eigenvalue weighted by molar-refractivity contribution is 9.10. The summed E-state index contributed by atoms with van der Waals surface area (Å²) in [5, 5.41) is 0. The Bertz CT molecular complexity index is 648. The molecule has 2 aromatic rings. The summed E-state index contributed by atoms with van der Waals surface area (Å²) in [7, 11) is 0. The molecule has 0 aliphatic heterocycles. The summed E-state index contributed by atoms with van der Waals surface area (Å²) in [5.74, 6) is 2.65. The van der Waals surface area contributed by atoms with Crippen LogP contribution in [0.15, 0.2) is 46.9 Å². The van der Waals surface area contributed by atoms with Gasteiger partial charge in [0.2, 0.25) is 0 Å². The van der Waals surface area contributed by atoms with E-state index < -0.39 is 0 Å². The molecule has 0 saturated carbocycles. The molecule has 19 heavy (non-hydrogen) atoms. The van der Waals surface area contributed by atoms with Gasteiger partial charge in [-0.15, -0.1) is 12.3 Å². The molecule has 0 bridgehead atoms. The van der Waals surface area contributed by atoms with Gasteiger partial charge >= 0.3 is 0 Å². The van der Waals surface area contributed by atoms with Crippen LogP contribution in [-0.2, 0) is 6.42 Å². The van der Waals surface area contributed by atoms with Crippen molar-refractivity contribution in [3.8, 4) is 23.5 Å². The molecule has 0 aliphatic rings. The second-order valence-corrected chi connectivity index (χ2v) is 5.24. The number of carbonyl (C=O) groups excluding carboxylic acids is 1. The first-order chi connectivity index (χ1) is 9.11. The maximum absolute atomic E-state index is 11.8. The SMILES string of the molecule is C#CCc1ccc(-c2ccc(Br)cc2)c(C(C)=O)c1. The minimum atomic E-state index is 0.0526. The van der Waals surface area contributed by atoms with E-state index in [2.05, 4.69) is 21.9 Å². The number of rotatable bonds is 3. The third-order valence-electron chi connectivity index (χ3n) is 2.92. The van der Waals surface area contributed by atoms with Crippen molar-refractivity contribution in [1.82, 2.24) is 0 Å². The first-order valence-corrected chi connectivity index (χ1v) is 6.74. The molecule has 0 aliphatic carbocycles. The van der Waals surface area contributed by atoms with Crippen molar-refractivity contribution in [3.63, 3.8) is 0 Å². The van der Waals surface area contributed by atoms with E-state index >= 15 is 0 Å². The number of ketones is 1. The molecule has 0 unspecified atom stereocenters. The Morgan fingerprint density at radius 1 is 1.21 bits per heavy atom. The fraction of sp³-hybridized carbons (Fsp3) is 0.118. The molecular weight excluding hydrogens is 300 g/mol. The van der Waals surface area contributed by atoms with Gasteiger partial charge in [-0.3, -0.25) is 4.79 Å². The monoisotopic (exact) mass is 312 g/mol. The lowest BCUT2D eigenvalue weighted by molar-refractivity contribution is 0.101. The van der Waals surface area contributed by atoms with E-state index in [0.29, 0.717) is 6.42 Å². The summed E-state index contributed by atoms with van der Waals surface area (Å²) in [6.45, 7) is 1.58. The van der Waals surface area contributed by atoms with Gasteiger partial charge in [-0.2, -0.15) is 0 Å². The predicted molar refractivity (Wildman–Crippen MR) is 82.1 cm³/mol. The van der Waals surface area contributed by atoms with Gasteiger partial charge in [0.1, 0.15) is 0 Å². The lowest BCUT2D eigenvalue weighted by Crippen LogP contribution is -1.98. The van der Waals surface area contributed by atoms with Crippen LogP contribution in [0.5, 0.6) is 0 Å². The Hall–Kier alpha value is -1.85. The summed E-state index contributed by atoms with van der Waals surface area (Å²) >= 11 is 3.41. The van der Waals surface area contributed by atoms with Gasteiger partial charge in [0.05, 0.1) is 0 Å². The third kappa shape index (κ3) is 3.13. The quantitative estimate of drug-likeness (QED) is 0.602. The van der Waals surface area contributed by atoms with Crippen LogP contribution in [0.2, 0.25) is 0 Å². The zero-order valence-electron chi connectivity index (χ0n) is 10.6. The zero-order valence-corrected chi connectivity index (χ0v) is 12.2. The van der Waals surface area contributed by atoms with Crippen LogP contribution in [-0.4, -0.2) is 5.78 Å². The van der Waals surface area contributed by atoms with Gasteiger partial charge in [0, 0.05) is 16.5 Å². The van der Waals surface area contributed by atoms with Crippen LogP contribution in [0, 0.1) is 12.3 Å². The minimum absolute atomic E-state index is 0.0526. The Labute approximate surface area is 121 Å². The van der Waals surface area contributed by atoms with Crippen LogP contribution in [0.1, 0.15) is 22.8 Å². The molecule has 1 nitrogen and oxygen atoms in total. The molecular formula is C17H13BrO. The molecule has 0 atom stereocenters. The van der Waals surface area contributed by atoms with Crippen LogP contribution in [0.3, 0.4) is 0 Å². The highest BCUT2D eigenvalue weighted by atomic mass is 79.9. The molecule has 94 valence electrons. The number of terminal acetylenes is 1. The molecule has 0 N–H and O–H groups in total. The number of carbonyl (C=O) groups is 1. The van der Waals surface area contributed by atoms with Gasteiger partial charge in [-0.1, -0.05) is 40.2 Å². The maximum Gasteiger partial charge on any atom is 0.160 e. The van der Waals surface area contributed by atoms with Crippen molar-refractivity contribution >= 4 is 21.7 Å².